The van der Waals surface area contributed by atoms with Crippen LogP contribution in [-0.4, -0.2) is 16.5 Å². The van der Waals surface area contributed by atoms with Crippen molar-refractivity contribution in [3.8, 4) is 11.3 Å². The zero-order valence-electron chi connectivity index (χ0n) is 9.62. The first kappa shape index (κ1) is 12.3. The molecular weight excluding hydrogens is 278 g/mol. The van der Waals surface area contributed by atoms with E-state index in [2.05, 4.69) is 38.0 Å². The lowest BCUT2D eigenvalue weighted by Crippen LogP contribution is -1.99. The summed E-state index contributed by atoms with van der Waals surface area (Å²) in [5.74, 6) is 1.04. The fourth-order valence-electron chi connectivity index (χ4n) is 1.70. The summed E-state index contributed by atoms with van der Waals surface area (Å²) >= 11 is 3.43. The molecular formula is C13H16BrN3. The molecule has 0 amide bonds. The molecule has 0 spiro atoms. The molecule has 4 heteroatoms. The minimum Gasteiger partial charge on any atom is -0.342 e. The zero-order chi connectivity index (χ0) is 12.1. The van der Waals surface area contributed by atoms with Crippen molar-refractivity contribution in [3.05, 3.63) is 40.8 Å². The van der Waals surface area contributed by atoms with Gasteiger partial charge < -0.3 is 10.7 Å². The van der Waals surface area contributed by atoms with Gasteiger partial charge in [0.2, 0.25) is 0 Å². The number of rotatable bonds is 5. The molecule has 3 N–H and O–H groups in total. The monoisotopic (exact) mass is 293 g/mol. The van der Waals surface area contributed by atoms with Crippen LogP contribution >= 0.6 is 15.9 Å². The third-order valence-electron chi connectivity index (χ3n) is 2.65. The molecule has 0 saturated heterocycles. The molecule has 0 fully saturated rings. The van der Waals surface area contributed by atoms with Gasteiger partial charge in [0, 0.05) is 10.9 Å². The van der Waals surface area contributed by atoms with Crippen molar-refractivity contribution in [3.63, 3.8) is 0 Å². The number of nitrogens with two attached hydrogens (primary N) is 1. The number of halogens is 1. The van der Waals surface area contributed by atoms with Crippen LogP contribution in [0.5, 0.6) is 0 Å². The summed E-state index contributed by atoms with van der Waals surface area (Å²) in [6, 6.07) is 8.21. The van der Waals surface area contributed by atoms with Crippen LogP contribution in [0, 0.1) is 0 Å². The van der Waals surface area contributed by atoms with Crippen molar-refractivity contribution in [2.24, 2.45) is 5.73 Å². The second-order valence-electron chi connectivity index (χ2n) is 4.00. The van der Waals surface area contributed by atoms with Crippen LogP contribution in [0.3, 0.4) is 0 Å². The van der Waals surface area contributed by atoms with Crippen LogP contribution in [0.4, 0.5) is 0 Å². The van der Waals surface area contributed by atoms with Crippen LogP contribution in [0.2, 0.25) is 0 Å². The van der Waals surface area contributed by atoms with Gasteiger partial charge in [0.15, 0.2) is 0 Å². The number of aryl methyl sites for hydroxylation is 1. The standard InChI is InChI=1S/C13H16BrN3/c14-11-6-4-10(5-7-11)12-9-16-13(17-12)3-1-2-8-15/h4-7,9H,1-3,8,15H2,(H,16,17). The van der Waals surface area contributed by atoms with Gasteiger partial charge in [-0.1, -0.05) is 28.1 Å². The van der Waals surface area contributed by atoms with E-state index in [0.29, 0.717) is 0 Å². The maximum Gasteiger partial charge on any atom is 0.106 e. The van der Waals surface area contributed by atoms with E-state index in [1.54, 1.807) is 0 Å². The number of imidazole rings is 1. The van der Waals surface area contributed by atoms with Gasteiger partial charge in [0.25, 0.3) is 0 Å². The number of nitrogens with one attached hydrogen (secondary N) is 1. The summed E-state index contributed by atoms with van der Waals surface area (Å²) in [7, 11) is 0. The Bertz CT molecular complexity index is 462. The van der Waals surface area contributed by atoms with Gasteiger partial charge in [0.1, 0.15) is 5.82 Å². The third kappa shape index (κ3) is 3.41. The van der Waals surface area contributed by atoms with Crippen molar-refractivity contribution >= 4 is 15.9 Å². The summed E-state index contributed by atoms with van der Waals surface area (Å²) in [6.45, 7) is 0.750. The number of nitrogens with zero attached hydrogens (tertiary/aromatic N) is 1. The van der Waals surface area contributed by atoms with Crippen molar-refractivity contribution in [2.45, 2.75) is 19.3 Å². The topological polar surface area (TPSA) is 54.7 Å². The molecule has 0 atom stereocenters. The molecule has 0 aliphatic heterocycles. The largest absolute Gasteiger partial charge is 0.342 e. The van der Waals surface area contributed by atoms with Gasteiger partial charge in [0.05, 0.1) is 11.9 Å². The highest BCUT2D eigenvalue weighted by Gasteiger charge is 2.02. The summed E-state index contributed by atoms with van der Waals surface area (Å²) in [5, 5.41) is 0. The van der Waals surface area contributed by atoms with Gasteiger partial charge in [-0.05, 0) is 37.1 Å². The first-order valence-corrected chi connectivity index (χ1v) is 6.59. The number of H-pyrrole nitrogens is 1. The Morgan fingerprint density at radius 2 is 1.94 bits per heavy atom. The third-order valence-corrected chi connectivity index (χ3v) is 3.18. The van der Waals surface area contributed by atoms with Crippen LogP contribution in [0.25, 0.3) is 11.3 Å². The molecule has 2 rings (SSSR count). The molecule has 1 aromatic carbocycles. The van der Waals surface area contributed by atoms with Gasteiger partial charge in [-0.15, -0.1) is 0 Å². The fourth-order valence-corrected chi connectivity index (χ4v) is 1.97. The lowest BCUT2D eigenvalue weighted by molar-refractivity contribution is 0.723. The highest BCUT2D eigenvalue weighted by Crippen LogP contribution is 2.20. The number of benzene rings is 1. The van der Waals surface area contributed by atoms with Gasteiger partial charge in [-0.3, -0.25) is 0 Å². The Morgan fingerprint density at radius 1 is 1.18 bits per heavy atom. The van der Waals surface area contributed by atoms with E-state index in [-0.39, 0.29) is 0 Å². The quantitative estimate of drug-likeness (QED) is 0.832. The molecule has 0 radical (unpaired) electrons. The molecule has 0 bridgehead atoms. The maximum absolute atomic E-state index is 5.47. The van der Waals surface area contributed by atoms with Crippen LogP contribution < -0.4 is 5.73 Å². The number of hydrogen-bond acceptors (Lipinski definition) is 2. The molecule has 17 heavy (non-hydrogen) atoms. The van der Waals surface area contributed by atoms with Crippen LogP contribution in [0.15, 0.2) is 34.9 Å². The van der Waals surface area contributed by atoms with E-state index in [1.165, 1.54) is 0 Å². The number of aromatic amines is 1. The molecule has 0 saturated carbocycles. The highest BCUT2D eigenvalue weighted by atomic mass is 79.9. The summed E-state index contributed by atoms with van der Waals surface area (Å²) in [4.78, 5) is 7.72. The number of aromatic nitrogens is 2. The Hall–Kier alpha value is -1.13. The Morgan fingerprint density at radius 3 is 2.65 bits per heavy atom. The molecule has 1 heterocycles. The molecule has 0 aliphatic rings. The van der Waals surface area contributed by atoms with E-state index in [0.717, 1.165) is 47.4 Å². The molecule has 0 unspecified atom stereocenters. The van der Waals surface area contributed by atoms with E-state index in [1.807, 2.05) is 18.3 Å². The molecule has 3 nitrogen and oxygen atoms in total. The second-order valence-corrected chi connectivity index (χ2v) is 4.91. The highest BCUT2D eigenvalue weighted by molar-refractivity contribution is 9.10. The lowest BCUT2D eigenvalue weighted by atomic mass is 10.2. The maximum atomic E-state index is 5.47. The first-order valence-electron chi connectivity index (χ1n) is 5.79. The predicted octanol–water partition coefficient (Wildman–Crippen LogP) is 3.12. The Labute approximate surface area is 110 Å². The van der Waals surface area contributed by atoms with E-state index in [4.69, 9.17) is 5.73 Å². The SMILES string of the molecule is NCCCCc1ncc(-c2ccc(Br)cc2)[nH]1. The van der Waals surface area contributed by atoms with Gasteiger partial charge in [-0.25, -0.2) is 4.98 Å². The molecule has 90 valence electrons. The van der Waals surface area contributed by atoms with Crippen LogP contribution in [-0.2, 0) is 6.42 Å². The molecule has 0 aliphatic carbocycles. The Balaban J connectivity index is 2.04. The zero-order valence-corrected chi connectivity index (χ0v) is 11.2. The van der Waals surface area contributed by atoms with E-state index >= 15 is 0 Å². The summed E-state index contributed by atoms with van der Waals surface area (Å²) in [5.41, 5.74) is 7.70. The fraction of sp³-hybridized carbons (Fsp3) is 0.308. The summed E-state index contributed by atoms with van der Waals surface area (Å²) in [6.07, 6.45) is 4.99. The average molecular weight is 294 g/mol. The molecule has 2 aromatic rings. The van der Waals surface area contributed by atoms with E-state index in [9.17, 15) is 0 Å². The van der Waals surface area contributed by atoms with Gasteiger partial charge in [-0.2, -0.15) is 0 Å². The number of unbranched alkanes of at least 4 members (excludes halogenated alkanes) is 1. The average Bonchev–Trinajstić information content (AvgIpc) is 2.79. The normalized spacial score (nSPS) is 10.7. The van der Waals surface area contributed by atoms with Crippen molar-refractivity contribution in [2.75, 3.05) is 6.54 Å². The van der Waals surface area contributed by atoms with E-state index < -0.39 is 0 Å². The van der Waals surface area contributed by atoms with Crippen molar-refractivity contribution in [1.82, 2.24) is 9.97 Å². The predicted molar refractivity (Wildman–Crippen MR) is 73.7 cm³/mol. The number of hydrogen-bond donors (Lipinski definition) is 2. The van der Waals surface area contributed by atoms with Crippen molar-refractivity contribution < 1.29 is 0 Å². The Kier molecular flexibility index (Phi) is 4.34. The molecule has 1 aromatic heterocycles. The van der Waals surface area contributed by atoms with Crippen LogP contribution in [0.1, 0.15) is 18.7 Å². The summed E-state index contributed by atoms with van der Waals surface area (Å²) < 4.78 is 1.09. The minimum atomic E-state index is 0.750. The second kappa shape index (κ2) is 5.98. The lowest BCUT2D eigenvalue weighted by Gasteiger charge is -1.98. The first-order chi connectivity index (χ1) is 8.29. The van der Waals surface area contributed by atoms with Gasteiger partial charge >= 0.3 is 0 Å². The smallest absolute Gasteiger partial charge is 0.106 e. The minimum absolute atomic E-state index is 0.750. The van der Waals surface area contributed by atoms with Crippen molar-refractivity contribution in [1.29, 1.82) is 0 Å².